The molecule has 86 valence electrons. The molecule has 1 aromatic heterocycles. The van der Waals surface area contributed by atoms with Crippen LogP contribution in [0.2, 0.25) is 0 Å². The fourth-order valence-electron chi connectivity index (χ4n) is 1.66. The molecule has 1 heterocycles. The van der Waals surface area contributed by atoms with Crippen molar-refractivity contribution in [2.45, 2.75) is 6.42 Å². The Morgan fingerprint density at radius 2 is 1.94 bits per heavy atom. The summed E-state index contributed by atoms with van der Waals surface area (Å²) in [5, 5.41) is 17.5. The second-order valence-electron chi connectivity index (χ2n) is 3.43. The number of hydrogen-bond donors (Lipinski definition) is 0. The molecule has 0 N–H and O–H groups in total. The molecule has 2 rings (SSSR count). The largest absolute Gasteiger partial charge is 0.493 e. The molecule has 0 atom stereocenters. The van der Waals surface area contributed by atoms with Crippen molar-refractivity contribution >= 4 is 10.9 Å². The first-order valence-electron chi connectivity index (χ1n) is 5.03. The van der Waals surface area contributed by atoms with E-state index in [4.69, 9.17) is 14.7 Å². The molecular formula is C12H11N3O2. The molecule has 2 aromatic rings. The van der Waals surface area contributed by atoms with Crippen LogP contribution in [0.4, 0.5) is 0 Å². The minimum Gasteiger partial charge on any atom is -0.493 e. The standard InChI is InChI=1S/C12H11N3O2/c1-16-11-5-9-8(3-4-13)7-14-15-10(9)6-12(11)17-2/h5-7H,3H2,1-2H3. The Morgan fingerprint density at radius 1 is 1.24 bits per heavy atom. The minimum absolute atomic E-state index is 0.293. The van der Waals surface area contributed by atoms with Crippen molar-refractivity contribution in [3.8, 4) is 17.6 Å². The van der Waals surface area contributed by atoms with E-state index in [9.17, 15) is 0 Å². The molecule has 5 nitrogen and oxygen atoms in total. The molecule has 17 heavy (non-hydrogen) atoms. The Morgan fingerprint density at radius 3 is 2.59 bits per heavy atom. The summed E-state index contributed by atoms with van der Waals surface area (Å²) in [4.78, 5) is 0. The molecule has 0 fully saturated rings. The van der Waals surface area contributed by atoms with E-state index >= 15 is 0 Å². The van der Waals surface area contributed by atoms with Crippen LogP contribution in [0.1, 0.15) is 5.56 Å². The highest BCUT2D eigenvalue weighted by atomic mass is 16.5. The van der Waals surface area contributed by atoms with Gasteiger partial charge in [0.05, 0.1) is 38.4 Å². The predicted octanol–water partition coefficient (Wildman–Crippen LogP) is 1.71. The predicted molar refractivity (Wildman–Crippen MR) is 62.0 cm³/mol. The van der Waals surface area contributed by atoms with Crippen LogP contribution >= 0.6 is 0 Å². The van der Waals surface area contributed by atoms with E-state index in [-0.39, 0.29) is 0 Å². The summed E-state index contributed by atoms with van der Waals surface area (Å²) in [6.07, 6.45) is 1.89. The van der Waals surface area contributed by atoms with Gasteiger partial charge in [0.15, 0.2) is 11.5 Å². The summed E-state index contributed by atoms with van der Waals surface area (Å²) in [5.41, 5.74) is 1.52. The van der Waals surface area contributed by atoms with Crippen LogP contribution < -0.4 is 9.47 Å². The maximum atomic E-state index is 8.75. The Balaban J connectivity index is 2.70. The van der Waals surface area contributed by atoms with Crippen LogP contribution in [0, 0.1) is 11.3 Å². The Bertz CT molecular complexity index is 590. The number of hydrogen-bond acceptors (Lipinski definition) is 5. The van der Waals surface area contributed by atoms with Gasteiger partial charge in [-0.05, 0) is 11.6 Å². The highest BCUT2D eigenvalue weighted by molar-refractivity contribution is 5.85. The summed E-state index contributed by atoms with van der Waals surface area (Å²) in [5.74, 6) is 1.22. The lowest BCUT2D eigenvalue weighted by atomic mass is 10.1. The van der Waals surface area contributed by atoms with E-state index in [1.165, 1.54) is 0 Å². The Hall–Kier alpha value is -2.35. The topological polar surface area (TPSA) is 68.0 Å². The molecule has 5 heteroatoms. The summed E-state index contributed by atoms with van der Waals surface area (Å²) < 4.78 is 10.4. The lowest BCUT2D eigenvalue weighted by Crippen LogP contribution is -1.95. The summed E-state index contributed by atoms with van der Waals surface area (Å²) in [7, 11) is 3.14. The molecule has 0 spiro atoms. The maximum absolute atomic E-state index is 8.75. The highest BCUT2D eigenvalue weighted by Gasteiger charge is 2.10. The molecule has 0 saturated heterocycles. The second kappa shape index (κ2) is 4.66. The van der Waals surface area contributed by atoms with Gasteiger partial charge in [0.25, 0.3) is 0 Å². The van der Waals surface area contributed by atoms with Crippen molar-refractivity contribution < 1.29 is 9.47 Å². The van der Waals surface area contributed by atoms with Gasteiger partial charge in [-0.15, -0.1) is 0 Å². The average molecular weight is 229 g/mol. The molecule has 0 amide bonds. The summed E-state index contributed by atoms with van der Waals surface area (Å²) in [6, 6.07) is 5.67. The van der Waals surface area contributed by atoms with Crippen LogP contribution in [-0.2, 0) is 6.42 Å². The zero-order valence-electron chi connectivity index (χ0n) is 9.60. The quantitative estimate of drug-likeness (QED) is 0.801. The first-order chi connectivity index (χ1) is 8.30. The lowest BCUT2D eigenvalue weighted by Gasteiger charge is -2.09. The minimum atomic E-state index is 0.293. The zero-order valence-corrected chi connectivity index (χ0v) is 9.60. The third-order valence-corrected chi connectivity index (χ3v) is 2.50. The van der Waals surface area contributed by atoms with Gasteiger partial charge in [-0.3, -0.25) is 0 Å². The van der Waals surface area contributed by atoms with Gasteiger partial charge in [-0.2, -0.15) is 15.5 Å². The molecule has 0 unspecified atom stereocenters. The van der Waals surface area contributed by atoms with Gasteiger partial charge in [0.2, 0.25) is 0 Å². The van der Waals surface area contributed by atoms with Gasteiger partial charge in [-0.25, -0.2) is 0 Å². The molecule has 1 aromatic carbocycles. The number of nitrogens with zero attached hydrogens (tertiary/aromatic N) is 3. The number of fused-ring (bicyclic) bond motifs is 1. The van der Waals surface area contributed by atoms with Gasteiger partial charge in [0, 0.05) is 11.5 Å². The highest BCUT2D eigenvalue weighted by Crippen LogP contribution is 2.32. The summed E-state index contributed by atoms with van der Waals surface area (Å²) in [6.45, 7) is 0. The van der Waals surface area contributed by atoms with Crippen molar-refractivity contribution in [3.63, 3.8) is 0 Å². The normalized spacial score (nSPS) is 9.94. The molecule has 0 aliphatic heterocycles. The zero-order chi connectivity index (χ0) is 12.3. The number of rotatable bonds is 3. The molecule has 0 aliphatic rings. The Labute approximate surface area is 98.6 Å². The van der Waals surface area contributed by atoms with E-state index in [0.29, 0.717) is 23.4 Å². The third-order valence-electron chi connectivity index (χ3n) is 2.50. The number of methoxy groups -OCH3 is 2. The average Bonchev–Trinajstić information content (AvgIpc) is 2.38. The molecular weight excluding hydrogens is 218 g/mol. The lowest BCUT2D eigenvalue weighted by molar-refractivity contribution is 0.355. The number of nitriles is 1. The fraction of sp³-hybridized carbons (Fsp3) is 0.250. The van der Waals surface area contributed by atoms with Gasteiger partial charge in [0.1, 0.15) is 0 Å². The fourth-order valence-corrected chi connectivity index (χ4v) is 1.66. The molecule has 0 aliphatic carbocycles. The van der Waals surface area contributed by atoms with E-state index in [1.54, 1.807) is 26.5 Å². The van der Waals surface area contributed by atoms with Gasteiger partial charge >= 0.3 is 0 Å². The molecule has 0 bridgehead atoms. The smallest absolute Gasteiger partial charge is 0.162 e. The first kappa shape index (κ1) is 11.1. The number of ether oxygens (including phenoxy) is 2. The second-order valence-corrected chi connectivity index (χ2v) is 3.43. The first-order valence-corrected chi connectivity index (χ1v) is 5.03. The van der Waals surface area contributed by atoms with E-state index in [2.05, 4.69) is 16.3 Å². The summed E-state index contributed by atoms with van der Waals surface area (Å²) >= 11 is 0. The molecule has 0 radical (unpaired) electrons. The number of benzene rings is 1. The van der Waals surface area contributed by atoms with Crippen LogP contribution in [0.25, 0.3) is 10.9 Å². The van der Waals surface area contributed by atoms with Crippen molar-refractivity contribution in [1.29, 1.82) is 5.26 Å². The van der Waals surface area contributed by atoms with Crippen LogP contribution in [0.15, 0.2) is 18.3 Å². The number of aromatic nitrogens is 2. The van der Waals surface area contributed by atoms with E-state index < -0.39 is 0 Å². The van der Waals surface area contributed by atoms with Crippen molar-refractivity contribution in [1.82, 2.24) is 10.2 Å². The maximum Gasteiger partial charge on any atom is 0.162 e. The van der Waals surface area contributed by atoms with Crippen LogP contribution in [0.3, 0.4) is 0 Å². The van der Waals surface area contributed by atoms with Crippen LogP contribution in [-0.4, -0.2) is 24.4 Å². The SMILES string of the molecule is COc1cc2nncc(CC#N)c2cc1OC. The van der Waals surface area contributed by atoms with Crippen molar-refractivity contribution in [3.05, 3.63) is 23.9 Å². The molecule has 0 saturated carbocycles. The van der Waals surface area contributed by atoms with Gasteiger partial charge < -0.3 is 9.47 Å². The van der Waals surface area contributed by atoms with Gasteiger partial charge in [-0.1, -0.05) is 0 Å². The van der Waals surface area contributed by atoms with Crippen molar-refractivity contribution in [2.24, 2.45) is 0 Å². The third kappa shape index (κ3) is 1.97. The van der Waals surface area contributed by atoms with E-state index in [1.807, 2.05) is 6.07 Å². The van der Waals surface area contributed by atoms with E-state index in [0.717, 1.165) is 10.9 Å². The van der Waals surface area contributed by atoms with Crippen LogP contribution in [0.5, 0.6) is 11.5 Å². The monoisotopic (exact) mass is 229 g/mol. The Kier molecular flexibility index (Phi) is 3.06. The van der Waals surface area contributed by atoms with Crippen molar-refractivity contribution in [2.75, 3.05) is 14.2 Å².